The lowest BCUT2D eigenvalue weighted by Gasteiger charge is -2.26. The maximum absolute atomic E-state index is 12.0. The van der Waals surface area contributed by atoms with Gasteiger partial charge in [0.25, 0.3) is 11.6 Å². The third kappa shape index (κ3) is 4.26. The molecule has 6 heteroatoms. The first-order valence-corrected chi connectivity index (χ1v) is 7.33. The van der Waals surface area contributed by atoms with Gasteiger partial charge in [0, 0.05) is 30.3 Å². The summed E-state index contributed by atoms with van der Waals surface area (Å²) in [5.74, 6) is -0.255. The summed E-state index contributed by atoms with van der Waals surface area (Å²) in [5.41, 5.74) is 0.884. The van der Waals surface area contributed by atoms with Gasteiger partial charge in [-0.1, -0.05) is 12.5 Å². The highest BCUT2D eigenvalue weighted by molar-refractivity contribution is 5.94. The summed E-state index contributed by atoms with van der Waals surface area (Å²) in [5, 5.41) is 13.7. The fraction of sp³-hybridized carbons (Fsp3) is 0.533. The first-order valence-electron chi connectivity index (χ1n) is 7.33. The first kappa shape index (κ1) is 15.4. The number of hydrogen-bond acceptors (Lipinski definition) is 4. The highest BCUT2D eigenvalue weighted by Crippen LogP contribution is 2.19. The molecule has 114 valence electrons. The van der Waals surface area contributed by atoms with Crippen LogP contribution in [0.4, 0.5) is 5.69 Å². The van der Waals surface area contributed by atoms with E-state index >= 15 is 0 Å². The second-order valence-electron chi connectivity index (χ2n) is 5.42. The molecule has 21 heavy (non-hydrogen) atoms. The van der Waals surface area contributed by atoms with Crippen molar-refractivity contribution in [3.05, 3.63) is 39.4 Å². The van der Waals surface area contributed by atoms with Crippen LogP contribution in [0.25, 0.3) is 0 Å². The van der Waals surface area contributed by atoms with Gasteiger partial charge < -0.3 is 10.2 Å². The largest absolute Gasteiger partial charge is 0.351 e. The van der Waals surface area contributed by atoms with E-state index < -0.39 is 4.92 Å². The Morgan fingerprint density at radius 2 is 2.05 bits per heavy atom. The van der Waals surface area contributed by atoms with E-state index in [-0.39, 0.29) is 11.6 Å². The molecule has 1 N–H and O–H groups in total. The van der Waals surface area contributed by atoms with Gasteiger partial charge in [0.2, 0.25) is 0 Å². The molecular weight excluding hydrogens is 270 g/mol. The summed E-state index contributed by atoms with van der Waals surface area (Å²) in [6.07, 6.45) is 3.73. The fourth-order valence-corrected chi connectivity index (χ4v) is 2.56. The normalized spacial score (nSPS) is 15.7. The lowest BCUT2D eigenvalue weighted by Crippen LogP contribution is -2.37. The van der Waals surface area contributed by atoms with Crippen molar-refractivity contribution in [1.82, 2.24) is 10.2 Å². The van der Waals surface area contributed by atoms with Gasteiger partial charge in [-0.2, -0.15) is 0 Å². The quantitative estimate of drug-likeness (QED) is 0.666. The van der Waals surface area contributed by atoms with Crippen molar-refractivity contribution in [1.29, 1.82) is 0 Å². The van der Waals surface area contributed by atoms with Crippen molar-refractivity contribution in [2.45, 2.75) is 26.2 Å². The highest BCUT2D eigenvalue weighted by Gasteiger charge is 2.15. The summed E-state index contributed by atoms with van der Waals surface area (Å²) in [6, 6.07) is 4.57. The summed E-state index contributed by atoms with van der Waals surface area (Å²) in [6.45, 7) is 5.24. The van der Waals surface area contributed by atoms with Gasteiger partial charge in [-0.25, -0.2) is 0 Å². The van der Waals surface area contributed by atoms with Crippen LogP contribution in [-0.2, 0) is 0 Å². The highest BCUT2D eigenvalue weighted by atomic mass is 16.6. The zero-order valence-corrected chi connectivity index (χ0v) is 12.3. The van der Waals surface area contributed by atoms with Gasteiger partial charge >= 0.3 is 0 Å². The van der Waals surface area contributed by atoms with E-state index in [1.165, 1.54) is 25.3 Å². The molecule has 2 rings (SSSR count). The number of carbonyl (C=O) groups excluding carboxylic acids is 1. The predicted octanol–water partition coefficient (Wildman–Crippen LogP) is 2.12. The van der Waals surface area contributed by atoms with Crippen LogP contribution in [0.2, 0.25) is 0 Å². The number of nitro groups is 1. The van der Waals surface area contributed by atoms with Crippen molar-refractivity contribution < 1.29 is 9.72 Å². The SMILES string of the molecule is Cc1ccc(C(=O)NCCN2CCCCC2)cc1[N+](=O)[O-]. The van der Waals surface area contributed by atoms with Crippen LogP contribution in [0, 0.1) is 17.0 Å². The molecule has 1 aromatic carbocycles. The number of nitrogens with one attached hydrogen (secondary N) is 1. The van der Waals surface area contributed by atoms with E-state index in [0.29, 0.717) is 17.7 Å². The summed E-state index contributed by atoms with van der Waals surface area (Å²) in [4.78, 5) is 24.8. The minimum Gasteiger partial charge on any atom is -0.351 e. The number of amides is 1. The molecule has 6 nitrogen and oxygen atoms in total. The molecule has 0 aromatic heterocycles. The maximum atomic E-state index is 12.0. The minimum absolute atomic E-state index is 0.0151. The smallest absolute Gasteiger partial charge is 0.273 e. The molecule has 0 spiro atoms. The maximum Gasteiger partial charge on any atom is 0.273 e. The summed E-state index contributed by atoms with van der Waals surface area (Å²) >= 11 is 0. The van der Waals surface area contributed by atoms with Crippen molar-refractivity contribution in [2.24, 2.45) is 0 Å². The number of nitro benzene ring substituents is 1. The second-order valence-corrected chi connectivity index (χ2v) is 5.42. The van der Waals surface area contributed by atoms with Crippen LogP contribution in [-0.4, -0.2) is 41.9 Å². The minimum atomic E-state index is -0.458. The number of hydrogen-bond donors (Lipinski definition) is 1. The Labute approximate surface area is 124 Å². The Balaban J connectivity index is 1.88. The van der Waals surface area contributed by atoms with Gasteiger partial charge in [0.1, 0.15) is 0 Å². The molecule has 0 radical (unpaired) electrons. The van der Waals surface area contributed by atoms with Crippen LogP contribution in [0.1, 0.15) is 35.2 Å². The van der Waals surface area contributed by atoms with Crippen molar-refractivity contribution in [2.75, 3.05) is 26.2 Å². The second kappa shape index (κ2) is 7.17. The topological polar surface area (TPSA) is 75.5 Å². The Morgan fingerprint density at radius 3 is 2.71 bits per heavy atom. The Kier molecular flexibility index (Phi) is 5.27. The predicted molar refractivity (Wildman–Crippen MR) is 80.5 cm³/mol. The molecule has 0 aliphatic carbocycles. The van der Waals surface area contributed by atoms with E-state index in [1.54, 1.807) is 19.1 Å². The van der Waals surface area contributed by atoms with Crippen LogP contribution in [0.3, 0.4) is 0 Å². The average Bonchev–Trinajstić information content (AvgIpc) is 2.48. The lowest BCUT2D eigenvalue weighted by molar-refractivity contribution is -0.385. The van der Waals surface area contributed by atoms with E-state index in [2.05, 4.69) is 10.2 Å². The fourth-order valence-electron chi connectivity index (χ4n) is 2.56. The molecule has 0 bridgehead atoms. The Bertz CT molecular complexity index is 525. The third-order valence-electron chi connectivity index (χ3n) is 3.83. The summed E-state index contributed by atoms with van der Waals surface area (Å²) in [7, 11) is 0. The number of carbonyl (C=O) groups is 1. The van der Waals surface area contributed by atoms with Crippen LogP contribution >= 0.6 is 0 Å². The number of nitrogens with zero attached hydrogens (tertiary/aromatic N) is 2. The van der Waals surface area contributed by atoms with E-state index in [0.717, 1.165) is 19.6 Å². The van der Waals surface area contributed by atoms with Crippen molar-refractivity contribution in [3.63, 3.8) is 0 Å². The zero-order valence-electron chi connectivity index (χ0n) is 12.3. The number of rotatable bonds is 5. The molecule has 0 saturated carbocycles. The number of aryl methyl sites for hydroxylation is 1. The molecule has 0 unspecified atom stereocenters. The first-order chi connectivity index (χ1) is 10.1. The van der Waals surface area contributed by atoms with Crippen molar-refractivity contribution >= 4 is 11.6 Å². The molecule has 1 fully saturated rings. The van der Waals surface area contributed by atoms with Crippen molar-refractivity contribution in [3.8, 4) is 0 Å². The Morgan fingerprint density at radius 1 is 1.33 bits per heavy atom. The van der Waals surface area contributed by atoms with Gasteiger partial charge in [-0.15, -0.1) is 0 Å². The molecule has 1 saturated heterocycles. The zero-order chi connectivity index (χ0) is 15.2. The standard InChI is InChI=1S/C15H21N3O3/c1-12-5-6-13(11-14(12)18(20)21)15(19)16-7-10-17-8-3-2-4-9-17/h5-6,11H,2-4,7-10H2,1H3,(H,16,19). The molecular formula is C15H21N3O3. The van der Waals surface area contributed by atoms with Crippen LogP contribution in [0.5, 0.6) is 0 Å². The van der Waals surface area contributed by atoms with Crippen LogP contribution < -0.4 is 5.32 Å². The van der Waals surface area contributed by atoms with E-state index in [4.69, 9.17) is 0 Å². The molecule has 1 heterocycles. The number of likely N-dealkylation sites (tertiary alicyclic amines) is 1. The monoisotopic (exact) mass is 291 g/mol. The van der Waals surface area contributed by atoms with E-state index in [9.17, 15) is 14.9 Å². The molecule has 1 aliphatic rings. The average molecular weight is 291 g/mol. The van der Waals surface area contributed by atoms with E-state index in [1.807, 2.05) is 0 Å². The van der Waals surface area contributed by atoms with Gasteiger partial charge in [0.15, 0.2) is 0 Å². The molecule has 1 aliphatic heterocycles. The number of benzene rings is 1. The molecule has 1 aromatic rings. The van der Waals surface area contributed by atoms with Gasteiger partial charge in [-0.3, -0.25) is 14.9 Å². The van der Waals surface area contributed by atoms with Gasteiger partial charge in [0.05, 0.1) is 4.92 Å². The Hall–Kier alpha value is -1.95. The van der Waals surface area contributed by atoms with Gasteiger partial charge in [-0.05, 0) is 38.9 Å². The number of piperidine rings is 1. The summed E-state index contributed by atoms with van der Waals surface area (Å²) < 4.78 is 0. The van der Waals surface area contributed by atoms with Crippen LogP contribution in [0.15, 0.2) is 18.2 Å². The molecule has 0 atom stereocenters. The molecule has 1 amide bonds. The third-order valence-corrected chi connectivity index (χ3v) is 3.83. The lowest BCUT2D eigenvalue weighted by atomic mass is 10.1.